The Kier molecular flexibility index (Phi) is 9.28. The SMILES string of the molecule is CCOC(=O)C1=C(c2ccccc2)N=c2s/c(=C\c3cc(Br)c(OCc4cccc5ccccc45)c(OC)c3)c(=O)n2[C@@H]1c1ccccc1. The summed E-state index contributed by atoms with van der Waals surface area (Å²) < 4.78 is 20.4. The van der Waals surface area contributed by atoms with Crippen molar-refractivity contribution in [2.24, 2.45) is 4.99 Å². The van der Waals surface area contributed by atoms with Crippen molar-refractivity contribution in [3.8, 4) is 11.5 Å². The van der Waals surface area contributed by atoms with Gasteiger partial charge in [0.1, 0.15) is 6.61 Å². The Labute approximate surface area is 295 Å². The predicted octanol–water partition coefficient (Wildman–Crippen LogP) is 7.44. The second-order valence-corrected chi connectivity index (χ2v) is 13.2. The van der Waals surface area contributed by atoms with Gasteiger partial charge in [0.15, 0.2) is 16.3 Å². The van der Waals surface area contributed by atoms with Crippen LogP contribution in [0.15, 0.2) is 135 Å². The maximum absolute atomic E-state index is 14.3. The number of halogens is 1. The van der Waals surface area contributed by atoms with Crippen LogP contribution in [0.5, 0.6) is 11.5 Å². The van der Waals surface area contributed by atoms with Gasteiger partial charge in [0.2, 0.25) is 0 Å². The molecule has 7 nitrogen and oxygen atoms in total. The van der Waals surface area contributed by atoms with E-state index in [-0.39, 0.29) is 12.2 Å². The Hall–Kier alpha value is -5.25. The third kappa shape index (κ3) is 6.35. The Bertz CT molecular complexity index is 2400. The zero-order valence-electron chi connectivity index (χ0n) is 26.8. The minimum atomic E-state index is -0.736. The summed E-state index contributed by atoms with van der Waals surface area (Å²) in [6.07, 6.45) is 1.81. The molecule has 0 unspecified atom stereocenters. The number of rotatable bonds is 9. The molecule has 6 aromatic rings. The van der Waals surface area contributed by atoms with Crippen molar-refractivity contribution in [2.45, 2.75) is 19.6 Å². The molecule has 2 heterocycles. The van der Waals surface area contributed by atoms with E-state index in [1.165, 1.54) is 11.3 Å². The maximum Gasteiger partial charge on any atom is 0.338 e. The number of methoxy groups -OCH3 is 1. The van der Waals surface area contributed by atoms with Crippen molar-refractivity contribution < 1.29 is 19.0 Å². The normalized spacial score (nSPS) is 14.3. The molecule has 244 valence electrons. The topological polar surface area (TPSA) is 79.1 Å². The van der Waals surface area contributed by atoms with Crippen LogP contribution in [-0.2, 0) is 16.1 Å². The molecule has 0 N–H and O–H groups in total. The number of fused-ring (bicyclic) bond motifs is 2. The first-order chi connectivity index (χ1) is 24.0. The summed E-state index contributed by atoms with van der Waals surface area (Å²) >= 11 is 4.95. The van der Waals surface area contributed by atoms with E-state index in [1.807, 2.05) is 97.1 Å². The molecule has 0 amide bonds. The van der Waals surface area contributed by atoms with Crippen LogP contribution in [0, 0.1) is 0 Å². The summed E-state index contributed by atoms with van der Waals surface area (Å²) in [6, 6.07) is 36.4. The number of carbonyl (C=O) groups excluding carboxylic acids is 1. The van der Waals surface area contributed by atoms with Crippen molar-refractivity contribution in [1.82, 2.24) is 4.57 Å². The largest absolute Gasteiger partial charge is 0.493 e. The summed E-state index contributed by atoms with van der Waals surface area (Å²) in [5.74, 6) is 0.567. The van der Waals surface area contributed by atoms with Crippen molar-refractivity contribution in [2.75, 3.05) is 13.7 Å². The molecule has 1 atom stereocenters. The number of hydrogen-bond acceptors (Lipinski definition) is 7. The molecule has 1 aliphatic rings. The number of aromatic nitrogens is 1. The number of ether oxygens (including phenoxy) is 3. The molecule has 49 heavy (non-hydrogen) atoms. The Morgan fingerprint density at radius 3 is 2.41 bits per heavy atom. The van der Waals surface area contributed by atoms with E-state index in [2.05, 4.69) is 40.2 Å². The molecule has 0 saturated carbocycles. The van der Waals surface area contributed by atoms with Gasteiger partial charge in [-0.1, -0.05) is 114 Å². The van der Waals surface area contributed by atoms with Crippen LogP contribution < -0.4 is 24.4 Å². The lowest BCUT2D eigenvalue weighted by molar-refractivity contribution is -0.138. The van der Waals surface area contributed by atoms with Crippen molar-refractivity contribution in [3.63, 3.8) is 0 Å². The van der Waals surface area contributed by atoms with Crippen LogP contribution in [0.1, 0.15) is 35.2 Å². The molecule has 1 aromatic heterocycles. The van der Waals surface area contributed by atoms with E-state index < -0.39 is 12.0 Å². The highest BCUT2D eigenvalue weighted by Gasteiger charge is 2.35. The van der Waals surface area contributed by atoms with Gasteiger partial charge >= 0.3 is 5.97 Å². The second kappa shape index (κ2) is 14.1. The maximum atomic E-state index is 14.3. The molecule has 1 aliphatic heterocycles. The zero-order valence-corrected chi connectivity index (χ0v) is 29.2. The summed E-state index contributed by atoms with van der Waals surface area (Å²) in [4.78, 5) is 33.3. The number of benzene rings is 5. The highest BCUT2D eigenvalue weighted by Crippen LogP contribution is 2.38. The average Bonchev–Trinajstić information content (AvgIpc) is 3.44. The molecular formula is C40H31BrN2O5S. The van der Waals surface area contributed by atoms with Crippen LogP contribution in [-0.4, -0.2) is 24.3 Å². The third-order valence-electron chi connectivity index (χ3n) is 8.29. The average molecular weight is 732 g/mol. The number of hydrogen-bond donors (Lipinski definition) is 0. The van der Waals surface area contributed by atoms with Crippen LogP contribution >= 0.6 is 27.3 Å². The van der Waals surface area contributed by atoms with Crippen LogP contribution in [0.2, 0.25) is 0 Å². The first kappa shape index (κ1) is 32.3. The standard InChI is InChI=1S/C40H31BrN2O5S/c1-3-47-39(45)34-35(27-14-6-4-7-15-27)42-40-43(36(34)28-16-8-5-9-17-28)38(44)33(49-40)23-25-21-31(41)37(32(22-25)46-2)48-24-29-19-12-18-26-13-10-11-20-30(26)29/h4-23,36H,3,24H2,1-2H3/b33-23-/t36-/m1/s1. The van der Waals surface area contributed by atoms with Gasteiger partial charge in [0.05, 0.1) is 40.0 Å². The molecule has 7 rings (SSSR count). The van der Waals surface area contributed by atoms with Crippen molar-refractivity contribution in [3.05, 3.63) is 167 Å². The van der Waals surface area contributed by atoms with Crippen LogP contribution in [0.25, 0.3) is 22.5 Å². The highest BCUT2D eigenvalue weighted by atomic mass is 79.9. The quantitative estimate of drug-likeness (QED) is 0.145. The molecule has 0 aliphatic carbocycles. The van der Waals surface area contributed by atoms with Gasteiger partial charge in [-0.2, -0.15) is 0 Å². The van der Waals surface area contributed by atoms with E-state index in [0.29, 0.717) is 43.2 Å². The van der Waals surface area contributed by atoms with Gasteiger partial charge in [-0.05, 0) is 68.5 Å². The number of nitrogens with zero attached hydrogens (tertiary/aromatic N) is 2. The number of esters is 1. The number of thiazole rings is 1. The fraction of sp³-hybridized carbons (Fsp3) is 0.125. The lowest BCUT2D eigenvalue weighted by Crippen LogP contribution is -2.39. The minimum absolute atomic E-state index is 0.189. The van der Waals surface area contributed by atoms with E-state index in [0.717, 1.165) is 33.0 Å². The minimum Gasteiger partial charge on any atom is -0.493 e. The summed E-state index contributed by atoms with van der Waals surface area (Å²) in [7, 11) is 1.59. The molecule has 9 heteroatoms. The van der Waals surface area contributed by atoms with Gasteiger partial charge in [-0.15, -0.1) is 0 Å². The predicted molar refractivity (Wildman–Crippen MR) is 196 cm³/mol. The molecule has 0 bridgehead atoms. The monoisotopic (exact) mass is 730 g/mol. The lowest BCUT2D eigenvalue weighted by atomic mass is 9.93. The van der Waals surface area contributed by atoms with Gasteiger partial charge in [-0.3, -0.25) is 9.36 Å². The first-order valence-electron chi connectivity index (χ1n) is 15.8. The second-order valence-electron chi connectivity index (χ2n) is 11.3. The fourth-order valence-corrected chi connectivity index (χ4v) is 7.65. The molecule has 0 radical (unpaired) electrons. The molecular weight excluding hydrogens is 700 g/mol. The Morgan fingerprint density at radius 2 is 1.65 bits per heavy atom. The molecule has 0 fully saturated rings. The highest BCUT2D eigenvalue weighted by molar-refractivity contribution is 9.10. The van der Waals surface area contributed by atoms with Crippen LogP contribution in [0.3, 0.4) is 0 Å². The Balaban J connectivity index is 1.32. The van der Waals surface area contributed by atoms with E-state index >= 15 is 0 Å². The fourth-order valence-electron chi connectivity index (χ4n) is 6.07. The van der Waals surface area contributed by atoms with Gasteiger partial charge in [0, 0.05) is 5.56 Å². The summed E-state index contributed by atoms with van der Waals surface area (Å²) in [5.41, 5.74) is 3.86. The molecule has 0 spiro atoms. The van der Waals surface area contributed by atoms with E-state index in [9.17, 15) is 9.59 Å². The van der Waals surface area contributed by atoms with Crippen LogP contribution in [0.4, 0.5) is 0 Å². The Morgan fingerprint density at radius 1 is 0.939 bits per heavy atom. The van der Waals surface area contributed by atoms with Crippen molar-refractivity contribution >= 4 is 55.8 Å². The third-order valence-corrected chi connectivity index (χ3v) is 9.86. The number of carbonyl (C=O) groups is 1. The zero-order chi connectivity index (χ0) is 33.9. The van der Waals surface area contributed by atoms with Crippen molar-refractivity contribution in [1.29, 1.82) is 0 Å². The van der Waals surface area contributed by atoms with E-state index in [1.54, 1.807) is 18.6 Å². The van der Waals surface area contributed by atoms with Gasteiger partial charge < -0.3 is 14.2 Å². The van der Waals surface area contributed by atoms with Gasteiger partial charge in [0.25, 0.3) is 5.56 Å². The summed E-state index contributed by atoms with van der Waals surface area (Å²) in [5, 5.41) is 2.27. The summed E-state index contributed by atoms with van der Waals surface area (Å²) in [6.45, 7) is 2.30. The van der Waals surface area contributed by atoms with Gasteiger partial charge in [-0.25, -0.2) is 9.79 Å². The first-order valence-corrected chi connectivity index (χ1v) is 17.4. The smallest absolute Gasteiger partial charge is 0.338 e. The molecule has 0 saturated heterocycles. The van der Waals surface area contributed by atoms with E-state index in [4.69, 9.17) is 19.2 Å². The lowest BCUT2D eigenvalue weighted by Gasteiger charge is -2.25. The molecule has 5 aromatic carbocycles.